The third-order valence-electron chi connectivity index (χ3n) is 1.56. The summed E-state index contributed by atoms with van der Waals surface area (Å²) in [6.07, 6.45) is 1.10. The molecule has 14 heavy (non-hydrogen) atoms. The van der Waals surface area contributed by atoms with Gasteiger partial charge in [0.2, 0.25) is 0 Å². The molecule has 0 fully saturated rings. The normalized spacial score (nSPS) is 10.1. The van der Waals surface area contributed by atoms with Gasteiger partial charge in [-0.15, -0.1) is 0 Å². The van der Waals surface area contributed by atoms with Crippen molar-refractivity contribution in [1.82, 2.24) is 5.32 Å². The first kappa shape index (κ1) is 10.2. The van der Waals surface area contributed by atoms with E-state index in [0.717, 1.165) is 11.8 Å². The molecular formula is C10H12N2O2. The zero-order valence-electron chi connectivity index (χ0n) is 7.93. The van der Waals surface area contributed by atoms with Crippen molar-refractivity contribution in [2.75, 3.05) is 7.05 Å². The Kier molecular flexibility index (Phi) is 4.20. The highest BCUT2D eigenvalue weighted by Gasteiger charge is 1.91. The van der Waals surface area contributed by atoms with Crippen molar-refractivity contribution in [3.63, 3.8) is 0 Å². The van der Waals surface area contributed by atoms with Crippen LogP contribution in [0.5, 0.6) is 0 Å². The number of carbonyl (C=O) groups excluding carboxylic acids is 1. The fraction of sp³-hybridized carbons (Fsp3) is 0.200. The average Bonchev–Trinajstić information content (AvgIpc) is 2.25. The first-order valence-electron chi connectivity index (χ1n) is 4.24. The number of rotatable bonds is 4. The first-order valence-corrected chi connectivity index (χ1v) is 4.24. The Morgan fingerprint density at radius 1 is 1.50 bits per heavy atom. The van der Waals surface area contributed by atoms with Crippen LogP contribution in [-0.4, -0.2) is 19.2 Å². The molecule has 1 amide bonds. The first-order chi connectivity index (χ1) is 6.83. The molecule has 0 heterocycles. The molecule has 4 heteroatoms. The zero-order chi connectivity index (χ0) is 10.2. The summed E-state index contributed by atoms with van der Waals surface area (Å²) in [4.78, 5) is 15.6. The van der Waals surface area contributed by atoms with Gasteiger partial charge in [-0.25, -0.2) is 0 Å². The Labute approximate surface area is 82.6 Å². The minimum absolute atomic E-state index is 0.280. The predicted octanol–water partition coefficient (Wildman–Crippen LogP) is 0.935. The van der Waals surface area contributed by atoms with Gasteiger partial charge < -0.3 is 10.2 Å². The Balaban J connectivity index is 2.29. The number of nitrogens with one attached hydrogen (secondary N) is 1. The maximum Gasteiger partial charge on any atom is 0.265 e. The molecule has 0 aliphatic rings. The number of nitrogens with zero attached hydrogens (tertiary/aromatic N) is 1. The van der Waals surface area contributed by atoms with E-state index in [9.17, 15) is 4.79 Å². The van der Waals surface area contributed by atoms with E-state index in [2.05, 4.69) is 10.5 Å². The van der Waals surface area contributed by atoms with Crippen molar-refractivity contribution >= 4 is 12.1 Å². The average molecular weight is 192 g/mol. The van der Waals surface area contributed by atoms with Crippen LogP contribution in [0, 0.1) is 0 Å². The van der Waals surface area contributed by atoms with Crippen LogP contribution in [0.1, 0.15) is 5.56 Å². The molecule has 0 aliphatic heterocycles. The van der Waals surface area contributed by atoms with Crippen LogP contribution in [0.3, 0.4) is 0 Å². The largest absolute Gasteiger partial charge is 0.391 e. The quantitative estimate of drug-likeness (QED) is 0.570. The zero-order valence-corrected chi connectivity index (χ0v) is 7.93. The maximum atomic E-state index is 10.7. The Hall–Kier alpha value is -1.84. The SMILES string of the molecule is CNC(=O)/C=N\OCc1ccccc1. The molecule has 1 aromatic rings. The number of hydrogen-bond donors (Lipinski definition) is 1. The van der Waals surface area contributed by atoms with Crippen molar-refractivity contribution in [3.8, 4) is 0 Å². The van der Waals surface area contributed by atoms with E-state index in [1.807, 2.05) is 30.3 Å². The van der Waals surface area contributed by atoms with Crippen LogP contribution < -0.4 is 5.32 Å². The fourth-order valence-electron chi connectivity index (χ4n) is 0.836. The predicted molar refractivity (Wildman–Crippen MR) is 53.8 cm³/mol. The van der Waals surface area contributed by atoms with Gasteiger partial charge >= 0.3 is 0 Å². The summed E-state index contributed by atoms with van der Waals surface area (Å²) in [5.74, 6) is -0.280. The monoisotopic (exact) mass is 192 g/mol. The molecule has 1 rings (SSSR count). The van der Waals surface area contributed by atoms with Crippen LogP contribution in [-0.2, 0) is 16.2 Å². The molecule has 1 N–H and O–H groups in total. The maximum absolute atomic E-state index is 10.7. The second-order valence-electron chi connectivity index (χ2n) is 2.61. The van der Waals surface area contributed by atoms with Gasteiger partial charge in [-0.05, 0) is 5.56 Å². The molecule has 4 nitrogen and oxygen atoms in total. The van der Waals surface area contributed by atoms with Gasteiger partial charge in [0.1, 0.15) is 12.8 Å². The van der Waals surface area contributed by atoms with E-state index in [4.69, 9.17) is 4.84 Å². The number of hydrogen-bond acceptors (Lipinski definition) is 3. The number of carbonyl (C=O) groups is 1. The van der Waals surface area contributed by atoms with Crippen molar-refractivity contribution < 1.29 is 9.63 Å². The van der Waals surface area contributed by atoms with Crippen LogP contribution in [0.15, 0.2) is 35.5 Å². The van der Waals surface area contributed by atoms with Crippen LogP contribution in [0.25, 0.3) is 0 Å². The van der Waals surface area contributed by atoms with Crippen molar-refractivity contribution in [2.45, 2.75) is 6.61 Å². The Morgan fingerprint density at radius 2 is 2.21 bits per heavy atom. The van der Waals surface area contributed by atoms with Crippen molar-refractivity contribution in [1.29, 1.82) is 0 Å². The van der Waals surface area contributed by atoms with E-state index < -0.39 is 0 Å². The highest BCUT2D eigenvalue weighted by Crippen LogP contribution is 1.99. The summed E-state index contributed by atoms with van der Waals surface area (Å²) in [7, 11) is 1.53. The fourth-order valence-corrected chi connectivity index (χ4v) is 0.836. The van der Waals surface area contributed by atoms with Crippen LogP contribution in [0.2, 0.25) is 0 Å². The van der Waals surface area contributed by atoms with Gasteiger partial charge in [0.15, 0.2) is 0 Å². The van der Waals surface area contributed by atoms with E-state index in [-0.39, 0.29) is 5.91 Å². The molecule has 0 aromatic heterocycles. The summed E-state index contributed by atoms with van der Waals surface area (Å²) in [6, 6.07) is 9.62. The van der Waals surface area contributed by atoms with E-state index in [1.54, 1.807) is 0 Å². The van der Waals surface area contributed by atoms with Crippen molar-refractivity contribution in [2.24, 2.45) is 5.16 Å². The van der Waals surface area contributed by atoms with Gasteiger partial charge in [-0.3, -0.25) is 4.79 Å². The lowest BCUT2D eigenvalue weighted by Crippen LogP contribution is -2.18. The molecule has 0 saturated heterocycles. The molecule has 0 bridgehead atoms. The van der Waals surface area contributed by atoms with Gasteiger partial charge in [-0.2, -0.15) is 0 Å². The summed E-state index contributed by atoms with van der Waals surface area (Å²) < 4.78 is 0. The lowest BCUT2D eigenvalue weighted by molar-refractivity contribution is -0.114. The topological polar surface area (TPSA) is 50.7 Å². The molecule has 1 aromatic carbocycles. The molecule has 0 saturated carbocycles. The number of benzene rings is 1. The Bertz CT molecular complexity index is 309. The second kappa shape index (κ2) is 5.75. The van der Waals surface area contributed by atoms with Gasteiger partial charge in [0, 0.05) is 7.05 Å². The molecule has 0 radical (unpaired) electrons. The van der Waals surface area contributed by atoms with E-state index in [0.29, 0.717) is 6.61 Å². The highest BCUT2D eigenvalue weighted by atomic mass is 16.6. The second-order valence-corrected chi connectivity index (χ2v) is 2.61. The number of oxime groups is 1. The van der Waals surface area contributed by atoms with E-state index in [1.165, 1.54) is 7.05 Å². The highest BCUT2D eigenvalue weighted by molar-refractivity contribution is 6.25. The summed E-state index contributed by atoms with van der Waals surface area (Å²) in [5, 5.41) is 5.90. The summed E-state index contributed by atoms with van der Waals surface area (Å²) >= 11 is 0. The van der Waals surface area contributed by atoms with Gasteiger partial charge in [0.25, 0.3) is 5.91 Å². The summed E-state index contributed by atoms with van der Waals surface area (Å²) in [5.41, 5.74) is 1.02. The molecular weight excluding hydrogens is 180 g/mol. The Morgan fingerprint density at radius 3 is 2.86 bits per heavy atom. The minimum atomic E-state index is -0.280. The standard InChI is InChI=1S/C10H12N2O2/c1-11-10(13)7-12-14-8-9-5-3-2-4-6-9/h2-7H,8H2,1H3,(H,11,13)/b12-7-. The van der Waals surface area contributed by atoms with Gasteiger partial charge in [0.05, 0.1) is 0 Å². The molecule has 0 atom stereocenters. The third-order valence-corrected chi connectivity index (χ3v) is 1.56. The van der Waals surface area contributed by atoms with Crippen LogP contribution >= 0.6 is 0 Å². The lowest BCUT2D eigenvalue weighted by Gasteiger charge is -1.97. The number of amides is 1. The minimum Gasteiger partial charge on any atom is -0.391 e. The van der Waals surface area contributed by atoms with Gasteiger partial charge in [-0.1, -0.05) is 35.5 Å². The smallest absolute Gasteiger partial charge is 0.265 e. The van der Waals surface area contributed by atoms with Crippen LogP contribution in [0.4, 0.5) is 0 Å². The summed E-state index contributed by atoms with van der Waals surface area (Å²) in [6.45, 7) is 0.369. The molecule has 74 valence electrons. The van der Waals surface area contributed by atoms with E-state index >= 15 is 0 Å². The van der Waals surface area contributed by atoms with Crippen molar-refractivity contribution in [3.05, 3.63) is 35.9 Å². The third kappa shape index (κ3) is 3.71. The molecule has 0 aliphatic carbocycles. The molecule has 0 spiro atoms. The molecule has 0 unspecified atom stereocenters. The lowest BCUT2D eigenvalue weighted by atomic mass is 10.2.